The summed E-state index contributed by atoms with van der Waals surface area (Å²) in [6.07, 6.45) is 1.35. The Morgan fingerprint density at radius 3 is 2.79 bits per heavy atom. The molecule has 1 aliphatic heterocycles. The molecule has 0 saturated carbocycles. The molecule has 2 unspecified atom stereocenters. The number of halogens is 3. The standard InChI is InChI=1S/C19H20F3N5O2/c1-12-6-24-17-13(8-26-27(17)10-12)7-25-18(4-5-29-11-16(18)28)14-2-3-15(23-9-14)19(20,21)22/h2-3,6,8-10,16,25,28H,4-5,7,11H2,1H3. The largest absolute Gasteiger partial charge is 0.433 e. The molecule has 3 aromatic rings. The third-order valence-corrected chi connectivity index (χ3v) is 5.21. The minimum atomic E-state index is -4.52. The lowest BCUT2D eigenvalue weighted by molar-refractivity contribution is -0.141. The molecule has 4 rings (SSSR count). The topological polar surface area (TPSA) is 84.6 Å². The van der Waals surface area contributed by atoms with Crippen molar-refractivity contribution in [1.29, 1.82) is 0 Å². The smallest absolute Gasteiger partial charge is 0.388 e. The van der Waals surface area contributed by atoms with Gasteiger partial charge in [-0.3, -0.25) is 4.98 Å². The van der Waals surface area contributed by atoms with Gasteiger partial charge in [-0.2, -0.15) is 18.3 Å². The van der Waals surface area contributed by atoms with Crippen molar-refractivity contribution in [3.63, 3.8) is 0 Å². The second kappa shape index (κ2) is 7.36. The van der Waals surface area contributed by atoms with Crippen molar-refractivity contribution in [2.75, 3.05) is 13.2 Å². The molecule has 2 N–H and O–H groups in total. The van der Waals surface area contributed by atoms with Crippen LogP contribution in [0.3, 0.4) is 0 Å². The van der Waals surface area contributed by atoms with Crippen LogP contribution in [0.1, 0.15) is 28.8 Å². The summed E-state index contributed by atoms with van der Waals surface area (Å²) < 4.78 is 45.6. The number of aliphatic hydroxyl groups excluding tert-OH is 1. The van der Waals surface area contributed by atoms with Gasteiger partial charge >= 0.3 is 6.18 Å². The Hall–Kier alpha value is -2.56. The van der Waals surface area contributed by atoms with E-state index in [-0.39, 0.29) is 6.61 Å². The highest BCUT2D eigenvalue weighted by Gasteiger charge is 2.43. The van der Waals surface area contributed by atoms with E-state index >= 15 is 0 Å². The molecule has 0 spiro atoms. The fraction of sp³-hybridized carbons (Fsp3) is 0.421. The summed E-state index contributed by atoms with van der Waals surface area (Å²) in [6, 6.07) is 2.29. The molecule has 0 radical (unpaired) electrons. The van der Waals surface area contributed by atoms with Crippen molar-refractivity contribution in [2.45, 2.75) is 37.7 Å². The maximum absolute atomic E-state index is 12.9. The number of aromatic nitrogens is 4. The van der Waals surface area contributed by atoms with Crippen molar-refractivity contribution in [2.24, 2.45) is 0 Å². The van der Waals surface area contributed by atoms with Gasteiger partial charge in [0.25, 0.3) is 0 Å². The summed E-state index contributed by atoms with van der Waals surface area (Å²) in [6.45, 7) is 2.66. The van der Waals surface area contributed by atoms with E-state index in [4.69, 9.17) is 4.74 Å². The number of rotatable bonds is 4. The van der Waals surface area contributed by atoms with E-state index < -0.39 is 23.5 Å². The number of ether oxygens (including phenoxy) is 1. The number of pyridine rings is 1. The molecule has 7 nitrogen and oxygen atoms in total. The maximum Gasteiger partial charge on any atom is 0.433 e. The first kappa shape index (κ1) is 19.7. The van der Waals surface area contributed by atoms with Crippen LogP contribution >= 0.6 is 0 Å². The minimum Gasteiger partial charge on any atom is -0.388 e. The van der Waals surface area contributed by atoms with E-state index in [2.05, 4.69) is 20.4 Å². The number of fused-ring (bicyclic) bond motifs is 1. The van der Waals surface area contributed by atoms with Crippen molar-refractivity contribution in [1.82, 2.24) is 24.9 Å². The van der Waals surface area contributed by atoms with Gasteiger partial charge in [-0.15, -0.1) is 0 Å². The molecule has 0 amide bonds. The first-order chi connectivity index (χ1) is 13.8. The summed E-state index contributed by atoms with van der Waals surface area (Å²) in [4.78, 5) is 7.96. The van der Waals surface area contributed by atoms with Gasteiger partial charge in [0, 0.05) is 37.3 Å². The third-order valence-electron chi connectivity index (χ3n) is 5.21. The van der Waals surface area contributed by atoms with E-state index in [0.29, 0.717) is 30.8 Å². The van der Waals surface area contributed by atoms with Gasteiger partial charge in [0.15, 0.2) is 5.65 Å². The second-order valence-corrected chi connectivity index (χ2v) is 7.16. The van der Waals surface area contributed by atoms with E-state index in [9.17, 15) is 18.3 Å². The van der Waals surface area contributed by atoms with Crippen LogP contribution in [0, 0.1) is 6.92 Å². The average Bonchev–Trinajstić information content (AvgIpc) is 3.09. The van der Waals surface area contributed by atoms with Crippen LogP contribution in [-0.2, 0) is 23.0 Å². The molecule has 4 heterocycles. The van der Waals surface area contributed by atoms with Crippen LogP contribution in [0.2, 0.25) is 0 Å². The zero-order valence-corrected chi connectivity index (χ0v) is 15.6. The SMILES string of the molecule is Cc1cnc2c(CNC3(c4ccc(C(F)(F)F)nc4)CCOCC3O)cnn2c1. The van der Waals surface area contributed by atoms with Crippen molar-refractivity contribution in [3.8, 4) is 0 Å². The highest BCUT2D eigenvalue weighted by Crippen LogP contribution is 2.35. The molecule has 1 aliphatic rings. The molecule has 0 bridgehead atoms. The first-order valence-electron chi connectivity index (χ1n) is 9.13. The normalized spacial score (nSPS) is 22.9. The molecule has 154 valence electrons. The average molecular weight is 407 g/mol. The molecule has 29 heavy (non-hydrogen) atoms. The molecule has 3 aromatic heterocycles. The summed E-state index contributed by atoms with van der Waals surface area (Å²) in [7, 11) is 0. The zero-order valence-electron chi connectivity index (χ0n) is 15.6. The van der Waals surface area contributed by atoms with Crippen molar-refractivity contribution in [3.05, 3.63) is 59.3 Å². The quantitative estimate of drug-likeness (QED) is 0.690. The lowest BCUT2D eigenvalue weighted by Crippen LogP contribution is -2.56. The molecule has 2 atom stereocenters. The Kier molecular flexibility index (Phi) is 5.01. The molecule has 0 aromatic carbocycles. The van der Waals surface area contributed by atoms with Gasteiger partial charge in [0.1, 0.15) is 5.69 Å². The van der Waals surface area contributed by atoms with Crippen LogP contribution in [0.25, 0.3) is 5.65 Å². The number of nitrogens with zero attached hydrogens (tertiary/aromatic N) is 4. The monoisotopic (exact) mass is 407 g/mol. The highest BCUT2D eigenvalue weighted by molar-refractivity contribution is 5.46. The minimum absolute atomic E-state index is 0.0697. The van der Waals surface area contributed by atoms with E-state index in [1.165, 1.54) is 12.3 Å². The lowest BCUT2D eigenvalue weighted by atomic mass is 9.81. The predicted octanol–water partition coefficient (Wildman–Crippen LogP) is 2.22. The van der Waals surface area contributed by atoms with Crippen LogP contribution in [0.4, 0.5) is 13.2 Å². The molecule has 10 heteroatoms. The Morgan fingerprint density at radius 1 is 1.28 bits per heavy atom. The number of hydrogen-bond acceptors (Lipinski definition) is 6. The van der Waals surface area contributed by atoms with Crippen molar-refractivity contribution >= 4 is 5.65 Å². The Bertz CT molecular complexity index is 1010. The third kappa shape index (κ3) is 3.70. The number of alkyl halides is 3. The summed E-state index contributed by atoms with van der Waals surface area (Å²) >= 11 is 0. The number of hydrogen-bond donors (Lipinski definition) is 2. The van der Waals surface area contributed by atoms with Crippen LogP contribution in [0.5, 0.6) is 0 Å². The van der Waals surface area contributed by atoms with E-state index in [0.717, 1.165) is 17.2 Å². The molecule has 1 fully saturated rings. The predicted molar refractivity (Wildman–Crippen MR) is 96.9 cm³/mol. The van der Waals surface area contributed by atoms with E-state index in [1.807, 2.05) is 13.1 Å². The second-order valence-electron chi connectivity index (χ2n) is 7.16. The number of aryl methyl sites for hydroxylation is 1. The fourth-order valence-corrected chi connectivity index (χ4v) is 3.60. The fourth-order valence-electron chi connectivity index (χ4n) is 3.60. The summed E-state index contributed by atoms with van der Waals surface area (Å²) in [5.74, 6) is 0. The molecule has 1 saturated heterocycles. The number of aliphatic hydroxyl groups is 1. The van der Waals surface area contributed by atoms with Crippen LogP contribution < -0.4 is 5.32 Å². The first-order valence-corrected chi connectivity index (χ1v) is 9.13. The number of nitrogens with one attached hydrogen (secondary N) is 1. The van der Waals surface area contributed by atoms with Gasteiger partial charge in [-0.1, -0.05) is 6.07 Å². The van der Waals surface area contributed by atoms with Gasteiger partial charge in [-0.25, -0.2) is 9.50 Å². The Balaban J connectivity index is 1.65. The van der Waals surface area contributed by atoms with Crippen molar-refractivity contribution < 1.29 is 23.0 Å². The van der Waals surface area contributed by atoms with Crippen LogP contribution in [0.15, 0.2) is 36.9 Å². The Morgan fingerprint density at radius 2 is 2.10 bits per heavy atom. The van der Waals surface area contributed by atoms with Gasteiger partial charge in [0.2, 0.25) is 0 Å². The summed E-state index contributed by atoms with van der Waals surface area (Å²) in [5.41, 5.74) is 0.955. The lowest BCUT2D eigenvalue weighted by Gasteiger charge is -2.42. The molecular formula is C19H20F3N5O2. The molecule has 0 aliphatic carbocycles. The summed E-state index contributed by atoms with van der Waals surface area (Å²) in [5, 5.41) is 18.3. The van der Waals surface area contributed by atoms with Gasteiger partial charge in [0.05, 0.1) is 24.4 Å². The van der Waals surface area contributed by atoms with E-state index in [1.54, 1.807) is 16.9 Å². The zero-order chi connectivity index (χ0) is 20.6. The molecular weight excluding hydrogens is 387 g/mol. The Labute approximate surface area is 164 Å². The van der Waals surface area contributed by atoms with Gasteiger partial charge in [-0.05, 0) is 30.5 Å². The highest BCUT2D eigenvalue weighted by atomic mass is 19.4. The maximum atomic E-state index is 12.9. The van der Waals surface area contributed by atoms with Gasteiger partial charge < -0.3 is 15.2 Å². The van der Waals surface area contributed by atoms with Crippen LogP contribution in [-0.4, -0.2) is 44.0 Å².